The number of nitrogens with zero attached hydrogens (tertiary/aromatic N) is 2. The van der Waals surface area contributed by atoms with Gasteiger partial charge in [0.1, 0.15) is 5.69 Å². The standard InChI is InChI=1S/C14H24N4O/c1-4-16-14(19)13-10-12(6-8-17-13)18(11(2)3)9-5-7-15/h6,8,10-11H,4-5,7,9,15H2,1-3H3,(H,16,19). The smallest absolute Gasteiger partial charge is 0.269 e. The van der Waals surface area contributed by atoms with Gasteiger partial charge in [-0.15, -0.1) is 0 Å². The van der Waals surface area contributed by atoms with Gasteiger partial charge in [0.25, 0.3) is 5.91 Å². The summed E-state index contributed by atoms with van der Waals surface area (Å²) >= 11 is 0. The van der Waals surface area contributed by atoms with Gasteiger partial charge in [-0.2, -0.15) is 0 Å². The van der Waals surface area contributed by atoms with E-state index < -0.39 is 0 Å². The van der Waals surface area contributed by atoms with Crippen molar-refractivity contribution in [1.82, 2.24) is 10.3 Å². The van der Waals surface area contributed by atoms with Crippen molar-refractivity contribution in [2.45, 2.75) is 33.2 Å². The fourth-order valence-corrected chi connectivity index (χ4v) is 1.92. The number of pyridine rings is 1. The Bertz CT molecular complexity index is 406. The van der Waals surface area contributed by atoms with E-state index in [0.29, 0.717) is 24.8 Å². The third-order valence-corrected chi connectivity index (χ3v) is 2.87. The molecule has 1 heterocycles. The zero-order valence-corrected chi connectivity index (χ0v) is 12.0. The largest absolute Gasteiger partial charge is 0.369 e. The van der Waals surface area contributed by atoms with Gasteiger partial charge in [0.05, 0.1) is 0 Å². The van der Waals surface area contributed by atoms with Crippen molar-refractivity contribution in [3.63, 3.8) is 0 Å². The van der Waals surface area contributed by atoms with Crippen LogP contribution in [0, 0.1) is 0 Å². The lowest BCUT2D eigenvalue weighted by Crippen LogP contribution is -2.33. The average molecular weight is 264 g/mol. The summed E-state index contributed by atoms with van der Waals surface area (Å²) in [6, 6.07) is 4.12. The SMILES string of the molecule is CCNC(=O)c1cc(N(CCCN)C(C)C)ccn1. The molecule has 0 aliphatic heterocycles. The van der Waals surface area contributed by atoms with Gasteiger partial charge in [0.15, 0.2) is 0 Å². The average Bonchev–Trinajstić information content (AvgIpc) is 2.39. The third kappa shape index (κ3) is 4.52. The predicted octanol–water partition coefficient (Wildman–Crippen LogP) is 1.39. The number of aromatic nitrogens is 1. The summed E-state index contributed by atoms with van der Waals surface area (Å²) in [5.41, 5.74) is 7.04. The number of nitrogens with two attached hydrogens (primary N) is 1. The van der Waals surface area contributed by atoms with E-state index >= 15 is 0 Å². The molecule has 0 fully saturated rings. The molecule has 0 unspecified atom stereocenters. The summed E-state index contributed by atoms with van der Waals surface area (Å²) in [4.78, 5) is 18.1. The Morgan fingerprint density at radius 1 is 1.53 bits per heavy atom. The minimum Gasteiger partial charge on any atom is -0.369 e. The maximum absolute atomic E-state index is 11.8. The van der Waals surface area contributed by atoms with Crippen molar-refractivity contribution < 1.29 is 4.79 Å². The minimum absolute atomic E-state index is 0.133. The van der Waals surface area contributed by atoms with Gasteiger partial charge in [-0.3, -0.25) is 9.78 Å². The van der Waals surface area contributed by atoms with Crippen molar-refractivity contribution in [2.75, 3.05) is 24.5 Å². The van der Waals surface area contributed by atoms with Crippen LogP contribution in [0.2, 0.25) is 0 Å². The predicted molar refractivity (Wildman–Crippen MR) is 78.4 cm³/mol. The molecule has 0 bridgehead atoms. The van der Waals surface area contributed by atoms with Crippen LogP contribution in [0.5, 0.6) is 0 Å². The molecule has 0 aliphatic carbocycles. The fourth-order valence-electron chi connectivity index (χ4n) is 1.92. The molecule has 0 aromatic carbocycles. The molecule has 3 N–H and O–H groups in total. The first kappa shape index (κ1) is 15.4. The zero-order chi connectivity index (χ0) is 14.3. The lowest BCUT2D eigenvalue weighted by atomic mass is 10.2. The van der Waals surface area contributed by atoms with Gasteiger partial charge in [-0.25, -0.2) is 0 Å². The molecule has 0 spiro atoms. The topological polar surface area (TPSA) is 71.2 Å². The summed E-state index contributed by atoms with van der Waals surface area (Å²) in [6.45, 7) is 8.30. The monoisotopic (exact) mass is 264 g/mol. The van der Waals surface area contributed by atoms with Crippen LogP contribution in [0.4, 0.5) is 5.69 Å². The number of hydrogen-bond donors (Lipinski definition) is 2. The molecule has 1 amide bonds. The summed E-state index contributed by atoms with van der Waals surface area (Å²) in [6.07, 6.45) is 2.61. The highest BCUT2D eigenvalue weighted by molar-refractivity contribution is 5.93. The second-order valence-electron chi connectivity index (χ2n) is 4.69. The first-order valence-corrected chi connectivity index (χ1v) is 6.81. The van der Waals surface area contributed by atoms with E-state index in [1.807, 2.05) is 19.1 Å². The highest BCUT2D eigenvalue weighted by Gasteiger charge is 2.13. The van der Waals surface area contributed by atoms with Crippen LogP contribution in [0.1, 0.15) is 37.7 Å². The molecule has 0 saturated carbocycles. The van der Waals surface area contributed by atoms with E-state index in [2.05, 4.69) is 29.0 Å². The molecular weight excluding hydrogens is 240 g/mol. The van der Waals surface area contributed by atoms with Crippen LogP contribution in [0.15, 0.2) is 18.3 Å². The van der Waals surface area contributed by atoms with Crippen molar-refractivity contribution in [1.29, 1.82) is 0 Å². The number of carbonyl (C=O) groups is 1. The molecule has 1 aromatic heterocycles. The summed E-state index contributed by atoms with van der Waals surface area (Å²) < 4.78 is 0. The fraction of sp³-hybridized carbons (Fsp3) is 0.571. The van der Waals surface area contributed by atoms with E-state index in [9.17, 15) is 4.79 Å². The van der Waals surface area contributed by atoms with Crippen LogP contribution in [0.25, 0.3) is 0 Å². The number of amides is 1. The molecule has 106 valence electrons. The molecule has 1 rings (SSSR count). The second-order valence-corrected chi connectivity index (χ2v) is 4.69. The lowest BCUT2D eigenvalue weighted by molar-refractivity contribution is 0.0951. The maximum atomic E-state index is 11.8. The van der Waals surface area contributed by atoms with Gasteiger partial charge >= 0.3 is 0 Å². The van der Waals surface area contributed by atoms with Crippen LogP contribution in [0.3, 0.4) is 0 Å². The number of rotatable bonds is 7. The van der Waals surface area contributed by atoms with Crippen LogP contribution >= 0.6 is 0 Å². The summed E-state index contributed by atoms with van der Waals surface area (Å²) in [5, 5.41) is 2.76. The molecule has 0 radical (unpaired) electrons. The molecular formula is C14H24N4O. The zero-order valence-electron chi connectivity index (χ0n) is 12.0. The highest BCUT2D eigenvalue weighted by Crippen LogP contribution is 2.17. The van der Waals surface area contributed by atoms with E-state index in [-0.39, 0.29) is 5.91 Å². The Kier molecular flexibility index (Phi) is 6.29. The molecule has 5 nitrogen and oxygen atoms in total. The van der Waals surface area contributed by atoms with Crippen molar-refractivity contribution in [3.05, 3.63) is 24.0 Å². The van der Waals surface area contributed by atoms with E-state index in [4.69, 9.17) is 5.73 Å². The van der Waals surface area contributed by atoms with Gasteiger partial charge in [-0.05, 0) is 45.9 Å². The maximum Gasteiger partial charge on any atom is 0.269 e. The normalized spacial score (nSPS) is 10.6. The number of carbonyl (C=O) groups excluding carboxylic acids is 1. The van der Waals surface area contributed by atoms with Gasteiger partial charge < -0.3 is 16.0 Å². The first-order chi connectivity index (χ1) is 9.10. The minimum atomic E-state index is -0.133. The number of hydrogen-bond acceptors (Lipinski definition) is 4. The van der Waals surface area contributed by atoms with Crippen LogP contribution in [-0.4, -0.2) is 36.6 Å². The molecule has 0 atom stereocenters. The van der Waals surface area contributed by atoms with Crippen molar-refractivity contribution >= 4 is 11.6 Å². The van der Waals surface area contributed by atoms with Gasteiger partial charge in [-0.1, -0.05) is 0 Å². The Hall–Kier alpha value is -1.62. The second kappa shape index (κ2) is 7.74. The molecule has 5 heteroatoms. The van der Waals surface area contributed by atoms with Crippen molar-refractivity contribution in [2.24, 2.45) is 5.73 Å². The van der Waals surface area contributed by atoms with E-state index in [1.165, 1.54) is 0 Å². The van der Waals surface area contributed by atoms with Crippen molar-refractivity contribution in [3.8, 4) is 0 Å². The Balaban J connectivity index is 2.91. The van der Waals surface area contributed by atoms with Gasteiger partial charge in [0, 0.05) is 31.0 Å². The molecule has 0 saturated heterocycles. The Labute approximate surface area is 115 Å². The third-order valence-electron chi connectivity index (χ3n) is 2.87. The quantitative estimate of drug-likeness (QED) is 0.781. The molecule has 0 aliphatic rings. The highest BCUT2D eigenvalue weighted by atomic mass is 16.1. The Morgan fingerprint density at radius 2 is 2.26 bits per heavy atom. The Morgan fingerprint density at radius 3 is 2.84 bits per heavy atom. The van der Waals surface area contributed by atoms with E-state index in [0.717, 1.165) is 18.7 Å². The first-order valence-electron chi connectivity index (χ1n) is 6.81. The van der Waals surface area contributed by atoms with Gasteiger partial charge in [0.2, 0.25) is 0 Å². The lowest BCUT2D eigenvalue weighted by Gasteiger charge is -2.29. The van der Waals surface area contributed by atoms with Crippen LogP contribution in [-0.2, 0) is 0 Å². The molecule has 1 aromatic rings. The van der Waals surface area contributed by atoms with Crippen LogP contribution < -0.4 is 16.0 Å². The summed E-state index contributed by atoms with van der Waals surface area (Å²) in [5.74, 6) is -0.133. The summed E-state index contributed by atoms with van der Waals surface area (Å²) in [7, 11) is 0. The number of anilines is 1. The van der Waals surface area contributed by atoms with E-state index in [1.54, 1.807) is 6.20 Å². The molecule has 19 heavy (non-hydrogen) atoms. The number of nitrogens with one attached hydrogen (secondary N) is 1.